The van der Waals surface area contributed by atoms with Crippen LogP contribution in [0.5, 0.6) is 5.75 Å². The molecule has 0 radical (unpaired) electrons. The zero-order valence-corrected chi connectivity index (χ0v) is 16.6. The highest BCUT2D eigenvalue weighted by Gasteiger charge is 2.31. The van der Waals surface area contributed by atoms with E-state index in [0.717, 1.165) is 30.6 Å². The fourth-order valence-electron chi connectivity index (χ4n) is 5.47. The van der Waals surface area contributed by atoms with E-state index in [-0.39, 0.29) is 11.9 Å². The highest BCUT2D eigenvalue weighted by atomic mass is 19.2. The molecule has 0 saturated heterocycles. The van der Waals surface area contributed by atoms with E-state index in [0.29, 0.717) is 23.5 Å². The maximum Gasteiger partial charge on any atom is 0.201 e. The largest absolute Gasteiger partial charge is 0.483 e. The predicted octanol–water partition coefficient (Wildman–Crippen LogP) is 6.93. The van der Waals surface area contributed by atoms with Crippen LogP contribution in [0.3, 0.4) is 0 Å². The summed E-state index contributed by atoms with van der Waals surface area (Å²) in [6.07, 6.45) is 14.6. The maximum atomic E-state index is 14.6. The first-order valence-electron chi connectivity index (χ1n) is 10.9. The smallest absolute Gasteiger partial charge is 0.201 e. The van der Waals surface area contributed by atoms with Gasteiger partial charge in [-0.05, 0) is 93.2 Å². The molecular weight excluding hydrogens is 342 g/mol. The van der Waals surface area contributed by atoms with Crippen LogP contribution in [0.4, 0.5) is 8.78 Å². The number of rotatable bonds is 3. The van der Waals surface area contributed by atoms with Crippen LogP contribution in [-0.2, 0) is 6.42 Å². The van der Waals surface area contributed by atoms with Gasteiger partial charge in [0.2, 0.25) is 5.82 Å². The maximum absolute atomic E-state index is 14.6. The minimum atomic E-state index is -0.816. The van der Waals surface area contributed by atoms with Crippen LogP contribution >= 0.6 is 0 Å². The first kappa shape index (κ1) is 19.0. The molecule has 0 spiro atoms. The van der Waals surface area contributed by atoms with E-state index in [4.69, 9.17) is 4.74 Å². The van der Waals surface area contributed by atoms with E-state index in [9.17, 15) is 8.78 Å². The molecule has 1 heterocycles. The van der Waals surface area contributed by atoms with Crippen LogP contribution in [0.2, 0.25) is 0 Å². The van der Waals surface area contributed by atoms with E-state index >= 15 is 0 Å². The lowest BCUT2D eigenvalue weighted by Crippen LogP contribution is -2.26. The Morgan fingerprint density at radius 3 is 2.19 bits per heavy atom. The van der Waals surface area contributed by atoms with Gasteiger partial charge in [-0.1, -0.05) is 25.8 Å². The topological polar surface area (TPSA) is 9.23 Å². The standard InChI is InChI=1S/C24H32F2O/c1-15-3-8-18(9-4-15)19-11-6-17(7-12-19)13-21-14-20-10-5-16(2)27-24(20)23(26)22(21)25/h5,10,14-19H,3-4,6-9,11-13H2,1-2H3. The van der Waals surface area contributed by atoms with Crippen molar-refractivity contribution in [2.45, 2.75) is 77.7 Å². The molecule has 2 aliphatic carbocycles. The Balaban J connectivity index is 1.38. The molecule has 3 heteroatoms. The molecule has 0 bridgehead atoms. The van der Waals surface area contributed by atoms with E-state index in [1.54, 1.807) is 6.07 Å². The Morgan fingerprint density at radius 2 is 1.52 bits per heavy atom. The number of hydrogen-bond acceptors (Lipinski definition) is 1. The summed E-state index contributed by atoms with van der Waals surface area (Å²) in [6.45, 7) is 4.20. The molecule has 1 aromatic carbocycles. The summed E-state index contributed by atoms with van der Waals surface area (Å²) in [5.41, 5.74) is 1.19. The molecule has 2 saturated carbocycles. The third-order valence-corrected chi connectivity index (χ3v) is 7.24. The quantitative estimate of drug-likeness (QED) is 0.557. The predicted molar refractivity (Wildman–Crippen MR) is 106 cm³/mol. The molecule has 4 rings (SSSR count). The fraction of sp³-hybridized carbons (Fsp3) is 0.667. The van der Waals surface area contributed by atoms with Crippen LogP contribution in [0.25, 0.3) is 6.08 Å². The highest BCUT2D eigenvalue weighted by molar-refractivity contribution is 5.61. The third kappa shape index (κ3) is 4.07. The molecule has 0 amide bonds. The summed E-state index contributed by atoms with van der Waals surface area (Å²) in [7, 11) is 0. The van der Waals surface area contributed by atoms with Gasteiger partial charge in [0.1, 0.15) is 6.10 Å². The summed E-state index contributed by atoms with van der Waals surface area (Å²) in [4.78, 5) is 0. The van der Waals surface area contributed by atoms with E-state index in [2.05, 4.69) is 6.92 Å². The molecule has 27 heavy (non-hydrogen) atoms. The summed E-state index contributed by atoms with van der Waals surface area (Å²) in [6, 6.07) is 1.80. The van der Waals surface area contributed by atoms with Crippen molar-refractivity contribution in [2.75, 3.05) is 0 Å². The lowest BCUT2D eigenvalue weighted by atomic mass is 9.69. The highest BCUT2D eigenvalue weighted by Crippen LogP contribution is 2.42. The minimum Gasteiger partial charge on any atom is -0.483 e. The van der Waals surface area contributed by atoms with E-state index < -0.39 is 11.6 Å². The molecule has 2 fully saturated rings. The van der Waals surface area contributed by atoms with Gasteiger partial charge in [0, 0.05) is 5.56 Å². The molecular formula is C24H32F2O. The van der Waals surface area contributed by atoms with Crippen molar-refractivity contribution in [1.29, 1.82) is 0 Å². The van der Waals surface area contributed by atoms with Crippen molar-refractivity contribution in [1.82, 2.24) is 0 Å². The average molecular weight is 375 g/mol. The van der Waals surface area contributed by atoms with E-state index in [1.165, 1.54) is 38.5 Å². The second-order valence-electron chi connectivity index (χ2n) is 9.27. The van der Waals surface area contributed by atoms with E-state index in [1.807, 2.05) is 19.1 Å². The van der Waals surface area contributed by atoms with Crippen molar-refractivity contribution in [3.05, 3.63) is 34.9 Å². The molecule has 1 nitrogen and oxygen atoms in total. The van der Waals surface area contributed by atoms with Gasteiger partial charge in [-0.2, -0.15) is 4.39 Å². The van der Waals surface area contributed by atoms with Gasteiger partial charge in [0.25, 0.3) is 0 Å². The lowest BCUT2D eigenvalue weighted by molar-refractivity contribution is 0.150. The van der Waals surface area contributed by atoms with Gasteiger partial charge < -0.3 is 4.74 Å². The number of fused-ring (bicyclic) bond motifs is 1. The Labute approximate surface area is 162 Å². The fourth-order valence-corrected chi connectivity index (χ4v) is 5.47. The molecule has 3 aliphatic rings. The van der Waals surface area contributed by atoms with Gasteiger partial charge in [-0.15, -0.1) is 0 Å². The van der Waals surface area contributed by atoms with Crippen molar-refractivity contribution in [2.24, 2.45) is 23.7 Å². The Hall–Kier alpha value is -1.38. The van der Waals surface area contributed by atoms with Gasteiger partial charge in [0.05, 0.1) is 0 Å². The summed E-state index contributed by atoms with van der Waals surface area (Å²) in [5.74, 6) is 1.69. The van der Waals surface area contributed by atoms with Crippen molar-refractivity contribution < 1.29 is 13.5 Å². The SMILES string of the molecule is CC1CCC(C2CCC(Cc3cc4c(c(F)c3F)OC(C)C=C4)CC2)CC1. The average Bonchev–Trinajstić information content (AvgIpc) is 2.68. The van der Waals surface area contributed by atoms with Crippen LogP contribution in [0.15, 0.2) is 12.1 Å². The van der Waals surface area contributed by atoms with Gasteiger partial charge in [-0.25, -0.2) is 4.39 Å². The second kappa shape index (κ2) is 7.93. The zero-order chi connectivity index (χ0) is 19.0. The Bertz CT molecular complexity index is 695. The van der Waals surface area contributed by atoms with Gasteiger partial charge in [-0.3, -0.25) is 0 Å². The van der Waals surface area contributed by atoms with Crippen LogP contribution in [0, 0.1) is 35.3 Å². The van der Waals surface area contributed by atoms with Crippen LogP contribution in [0.1, 0.15) is 76.3 Å². The van der Waals surface area contributed by atoms with Crippen molar-refractivity contribution >= 4 is 6.08 Å². The number of benzene rings is 1. The lowest BCUT2D eigenvalue weighted by Gasteiger charge is -2.37. The Morgan fingerprint density at radius 1 is 0.889 bits per heavy atom. The number of halogens is 2. The van der Waals surface area contributed by atoms with Crippen molar-refractivity contribution in [3.63, 3.8) is 0 Å². The molecule has 0 aromatic heterocycles. The van der Waals surface area contributed by atoms with Crippen LogP contribution in [-0.4, -0.2) is 6.10 Å². The van der Waals surface area contributed by atoms with Crippen molar-refractivity contribution in [3.8, 4) is 5.75 Å². The number of ether oxygens (including phenoxy) is 1. The molecule has 1 aromatic rings. The molecule has 0 N–H and O–H groups in total. The van der Waals surface area contributed by atoms with Gasteiger partial charge in [0.15, 0.2) is 11.6 Å². The van der Waals surface area contributed by atoms with Crippen LogP contribution < -0.4 is 4.74 Å². The second-order valence-corrected chi connectivity index (χ2v) is 9.27. The monoisotopic (exact) mass is 374 g/mol. The summed E-state index contributed by atoms with van der Waals surface area (Å²) in [5, 5.41) is 0. The molecule has 1 atom stereocenters. The number of hydrogen-bond donors (Lipinski definition) is 0. The first-order valence-corrected chi connectivity index (χ1v) is 10.9. The molecule has 148 valence electrons. The van der Waals surface area contributed by atoms with Gasteiger partial charge >= 0.3 is 0 Å². The normalized spacial score (nSPS) is 33.4. The summed E-state index contributed by atoms with van der Waals surface area (Å²) >= 11 is 0. The molecule has 1 unspecified atom stereocenters. The minimum absolute atomic E-state index is 0.0708. The summed E-state index contributed by atoms with van der Waals surface area (Å²) < 4.78 is 34.5. The Kier molecular flexibility index (Phi) is 5.57. The first-order chi connectivity index (χ1) is 13.0. The molecule has 1 aliphatic heterocycles. The zero-order valence-electron chi connectivity index (χ0n) is 16.6. The third-order valence-electron chi connectivity index (χ3n) is 7.24.